The second-order valence-electron chi connectivity index (χ2n) is 6.11. The van der Waals surface area contributed by atoms with Gasteiger partial charge in [-0.15, -0.1) is 0 Å². The molecule has 7 heteroatoms. The number of anilines is 1. The summed E-state index contributed by atoms with van der Waals surface area (Å²) in [6.45, 7) is 4.41. The number of carbonyl (C=O) groups excluding carboxylic acids is 1. The molecule has 0 aromatic heterocycles. The predicted molar refractivity (Wildman–Crippen MR) is 112 cm³/mol. The van der Waals surface area contributed by atoms with Crippen LogP contribution in [0.15, 0.2) is 53.5 Å². The third-order valence-electron chi connectivity index (χ3n) is 3.83. The Morgan fingerprint density at radius 3 is 2.71 bits per heavy atom. The molecule has 0 aliphatic heterocycles. The number of amides is 1. The lowest BCUT2D eigenvalue weighted by molar-refractivity contribution is 0.1000. The minimum absolute atomic E-state index is 0.420. The highest BCUT2D eigenvalue weighted by atomic mass is 16.5. The number of hydrogen-bond acceptors (Lipinski definition) is 4. The molecule has 0 bridgehead atoms. The van der Waals surface area contributed by atoms with Crippen molar-refractivity contribution in [1.29, 1.82) is 0 Å². The number of nitrogens with two attached hydrogens (primary N) is 1. The third kappa shape index (κ3) is 7.28. The van der Waals surface area contributed by atoms with Gasteiger partial charge in [-0.1, -0.05) is 18.2 Å². The fraction of sp³-hybridized carbons (Fsp3) is 0.333. The molecule has 2 rings (SSSR count). The lowest BCUT2D eigenvalue weighted by Crippen LogP contribution is -2.30. The number of guanidine groups is 1. The Morgan fingerprint density at radius 1 is 1.14 bits per heavy atom. The summed E-state index contributed by atoms with van der Waals surface area (Å²) in [5.74, 6) is 0.979. The lowest BCUT2D eigenvalue weighted by Gasteiger charge is -2.13. The van der Waals surface area contributed by atoms with Gasteiger partial charge in [0.1, 0.15) is 5.75 Å². The van der Waals surface area contributed by atoms with E-state index in [4.69, 9.17) is 15.2 Å². The number of rotatable bonds is 10. The van der Waals surface area contributed by atoms with E-state index in [-0.39, 0.29) is 0 Å². The van der Waals surface area contributed by atoms with Crippen LogP contribution in [0.2, 0.25) is 0 Å². The molecule has 28 heavy (non-hydrogen) atoms. The van der Waals surface area contributed by atoms with Gasteiger partial charge in [0.15, 0.2) is 5.96 Å². The molecule has 0 heterocycles. The minimum Gasteiger partial charge on any atom is -0.493 e. The summed E-state index contributed by atoms with van der Waals surface area (Å²) in [4.78, 5) is 15.9. The van der Waals surface area contributed by atoms with Crippen LogP contribution in [0.3, 0.4) is 0 Å². The quantitative estimate of drug-likeness (QED) is 0.332. The van der Waals surface area contributed by atoms with Gasteiger partial charge in [0.05, 0.1) is 13.2 Å². The largest absolute Gasteiger partial charge is 0.493 e. The van der Waals surface area contributed by atoms with Crippen LogP contribution in [0.25, 0.3) is 0 Å². The summed E-state index contributed by atoms with van der Waals surface area (Å²) in [5, 5.41) is 6.48. The highest BCUT2D eigenvalue weighted by Gasteiger charge is 2.04. The topological polar surface area (TPSA) is 98.0 Å². The van der Waals surface area contributed by atoms with Gasteiger partial charge in [-0.3, -0.25) is 4.79 Å². The van der Waals surface area contributed by atoms with Crippen molar-refractivity contribution in [3.05, 3.63) is 59.7 Å². The van der Waals surface area contributed by atoms with Crippen LogP contribution < -0.4 is 21.1 Å². The number of hydrogen-bond donors (Lipinski definition) is 3. The van der Waals surface area contributed by atoms with E-state index < -0.39 is 5.91 Å². The van der Waals surface area contributed by atoms with Crippen molar-refractivity contribution in [2.24, 2.45) is 10.7 Å². The maximum absolute atomic E-state index is 11.3. The van der Waals surface area contributed by atoms with Gasteiger partial charge in [0.2, 0.25) is 5.91 Å². The van der Waals surface area contributed by atoms with E-state index in [1.54, 1.807) is 25.3 Å². The zero-order chi connectivity index (χ0) is 20.2. The average Bonchev–Trinajstić information content (AvgIpc) is 2.70. The second-order valence-corrected chi connectivity index (χ2v) is 6.11. The summed E-state index contributed by atoms with van der Waals surface area (Å²) >= 11 is 0. The molecule has 1 amide bonds. The number of benzene rings is 2. The maximum Gasteiger partial charge on any atom is 0.248 e. The summed E-state index contributed by atoms with van der Waals surface area (Å²) in [7, 11) is 1.68. The zero-order valence-electron chi connectivity index (χ0n) is 16.4. The van der Waals surface area contributed by atoms with Crippen LogP contribution >= 0.6 is 0 Å². The normalized spacial score (nSPS) is 11.1. The van der Waals surface area contributed by atoms with Crippen molar-refractivity contribution in [3.8, 4) is 5.75 Å². The van der Waals surface area contributed by atoms with Crippen LogP contribution in [0.5, 0.6) is 5.75 Å². The molecule has 0 aliphatic carbocycles. The molecule has 0 fully saturated rings. The first-order valence-corrected chi connectivity index (χ1v) is 9.28. The molecule has 0 radical (unpaired) electrons. The third-order valence-corrected chi connectivity index (χ3v) is 3.83. The van der Waals surface area contributed by atoms with Gasteiger partial charge in [-0.05, 0) is 36.8 Å². The van der Waals surface area contributed by atoms with Gasteiger partial charge in [0, 0.05) is 44.0 Å². The highest BCUT2D eigenvalue weighted by molar-refractivity contribution is 5.94. The number of ether oxygens (including phenoxy) is 2. The van der Waals surface area contributed by atoms with E-state index >= 15 is 0 Å². The van der Waals surface area contributed by atoms with Crippen LogP contribution in [0.4, 0.5) is 5.69 Å². The van der Waals surface area contributed by atoms with E-state index in [0.717, 1.165) is 30.0 Å². The molecule has 0 saturated carbocycles. The SMILES string of the molecule is CCNC(=NCc1cccc(C(N)=O)c1)Nc1cccc(OCCCOC)c1. The van der Waals surface area contributed by atoms with E-state index in [9.17, 15) is 4.79 Å². The van der Waals surface area contributed by atoms with Gasteiger partial charge in [0.25, 0.3) is 0 Å². The molecule has 150 valence electrons. The van der Waals surface area contributed by atoms with Crippen molar-refractivity contribution in [2.45, 2.75) is 19.9 Å². The van der Waals surface area contributed by atoms with E-state index in [2.05, 4.69) is 15.6 Å². The monoisotopic (exact) mass is 384 g/mol. The summed E-state index contributed by atoms with van der Waals surface area (Å²) < 4.78 is 10.8. The smallest absolute Gasteiger partial charge is 0.248 e. The molecule has 4 N–H and O–H groups in total. The van der Waals surface area contributed by atoms with Crippen molar-refractivity contribution < 1.29 is 14.3 Å². The first kappa shape index (κ1) is 21.2. The number of methoxy groups -OCH3 is 1. The Morgan fingerprint density at radius 2 is 1.96 bits per heavy atom. The number of carbonyl (C=O) groups is 1. The van der Waals surface area contributed by atoms with Gasteiger partial charge < -0.3 is 25.8 Å². The van der Waals surface area contributed by atoms with Crippen LogP contribution in [-0.2, 0) is 11.3 Å². The number of aliphatic imine (C=N–C) groups is 1. The fourth-order valence-electron chi connectivity index (χ4n) is 2.49. The van der Waals surface area contributed by atoms with Gasteiger partial charge in [-0.25, -0.2) is 4.99 Å². The standard InChI is InChI=1S/C21H28N4O3/c1-3-23-21(24-15-16-7-4-8-17(13-16)20(22)26)25-18-9-5-10-19(14-18)28-12-6-11-27-2/h4-5,7-10,13-14H,3,6,11-12,15H2,1-2H3,(H2,22,26)(H2,23,24,25). The molecular formula is C21H28N4O3. The number of nitrogens with one attached hydrogen (secondary N) is 2. The first-order chi connectivity index (χ1) is 13.6. The Hall–Kier alpha value is -3.06. The summed E-state index contributed by atoms with van der Waals surface area (Å²) in [6.07, 6.45) is 0.836. The Balaban J connectivity index is 2.02. The molecular weight excluding hydrogens is 356 g/mol. The first-order valence-electron chi connectivity index (χ1n) is 9.28. The number of primary amides is 1. The van der Waals surface area contributed by atoms with E-state index in [1.165, 1.54) is 0 Å². The Bertz CT molecular complexity index is 793. The molecule has 0 saturated heterocycles. The fourth-order valence-corrected chi connectivity index (χ4v) is 2.49. The molecule has 0 atom stereocenters. The molecule has 0 aliphatic rings. The van der Waals surface area contributed by atoms with Gasteiger partial charge in [-0.2, -0.15) is 0 Å². The Labute approximate surface area is 165 Å². The lowest BCUT2D eigenvalue weighted by atomic mass is 10.1. The van der Waals surface area contributed by atoms with Crippen LogP contribution in [0, 0.1) is 0 Å². The second kappa shape index (κ2) is 11.6. The maximum atomic E-state index is 11.3. The van der Waals surface area contributed by atoms with E-state index in [1.807, 2.05) is 37.3 Å². The Kier molecular flexibility index (Phi) is 8.81. The van der Waals surface area contributed by atoms with Crippen molar-refractivity contribution in [2.75, 3.05) is 32.2 Å². The average molecular weight is 384 g/mol. The van der Waals surface area contributed by atoms with Crippen molar-refractivity contribution in [3.63, 3.8) is 0 Å². The van der Waals surface area contributed by atoms with Gasteiger partial charge >= 0.3 is 0 Å². The molecule has 2 aromatic carbocycles. The van der Waals surface area contributed by atoms with Crippen LogP contribution in [0.1, 0.15) is 29.3 Å². The highest BCUT2D eigenvalue weighted by Crippen LogP contribution is 2.17. The molecule has 0 unspecified atom stereocenters. The minimum atomic E-state index is -0.446. The predicted octanol–water partition coefficient (Wildman–Crippen LogP) is 2.78. The number of nitrogens with zero attached hydrogens (tertiary/aromatic N) is 1. The summed E-state index contributed by atoms with van der Waals surface area (Å²) in [6, 6.07) is 14.9. The zero-order valence-corrected chi connectivity index (χ0v) is 16.4. The molecule has 0 spiro atoms. The summed E-state index contributed by atoms with van der Waals surface area (Å²) in [5.41, 5.74) is 7.59. The molecule has 2 aromatic rings. The molecule has 7 nitrogen and oxygen atoms in total. The van der Waals surface area contributed by atoms with Crippen molar-refractivity contribution >= 4 is 17.6 Å². The van der Waals surface area contributed by atoms with Crippen molar-refractivity contribution in [1.82, 2.24) is 5.32 Å². The van der Waals surface area contributed by atoms with E-state index in [0.29, 0.717) is 31.3 Å². The van der Waals surface area contributed by atoms with Crippen LogP contribution in [-0.4, -0.2) is 38.7 Å².